The van der Waals surface area contributed by atoms with Gasteiger partial charge in [0.05, 0.1) is 4.92 Å². The number of carbonyl (C=O) groups is 2. The number of likely N-dealkylation sites (tertiary alicyclic amines) is 1. The number of amides is 2. The first-order valence-corrected chi connectivity index (χ1v) is 6.92. The first-order chi connectivity index (χ1) is 11.0. The van der Waals surface area contributed by atoms with Crippen molar-refractivity contribution in [2.45, 2.75) is 18.9 Å². The van der Waals surface area contributed by atoms with Crippen LogP contribution in [0.15, 0.2) is 29.4 Å². The van der Waals surface area contributed by atoms with Crippen LogP contribution in [0.3, 0.4) is 0 Å². The maximum atomic E-state index is 12.5. The molecule has 0 aliphatic carbocycles. The zero-order valence-electron chi connectivity index (χ0n) is 12.2. The summed E-state index contributed by atoms with van der Waals surface area (Å²) >= 11 is 0. The van der Waals surface area contributed by atoms with Crippen molar-refractivity contribution in [2.24, 2.45) is 11.0 Å². The zero-order valence-corrected chi connectivity index (χ0v) is 12.2. The fourth-order valence-electron chi connectivity index (χ4n) is 2.58. The highest BCUT2D eigenvalue weighted by atomic mass is 16.6. The third-order valence-corrected chi connectivity index (χ3v) is 3.65. The molecule has 0 saturated carbocycles. The quantitative estimate of drug-likeness (QED) is 0.271. The molecule has 1 fully saturated rings. The molecule has 1 heterocycles. The molecule has 1 atom stereocenters. The van der Waals surface area contributed by atoms with Crippen molar-refractivity contribution in [3.63, 3.8) is 0 Å². The number of anilines is 1. The van der Waals surface area contributed by atoms with Crippen molar-refractivity contribution >= 4 is 23.2 Å². The normalized spacial score (nSPS) is 16.9. The molecule has 1 aromatic rings. The maximum Gasteiger partial charge on any atom is 0.294 e. The van der Waals surface area contributed by atoms with Gasteiger partial charge in [-0.1, -0.05) is 12.1 Å². The van der Waals surface area contributed by atoms with E-state index in [1.54, 1.807) is 0 Å². The maximum absolute atomic E-state index is 12.5. The Bertz CT molecular complexity index is 649. The van der Waals surface area contributed by atoms with Crippen LogP contribution in [0, 0.1) is 15.6 Å². The van der Waals surface area contributed by atoms with Gasteiger partial charge < -0.3 is 4.90 Å². The molecule has 1 unspecified atom stereocenters. The predicted octanol–water partition coefficient (Wildman–Crippen LogP) is 0.823. The number of rotatable bonds is 5. The number of para-hydroxylation sites is 2. The average Bonchev–Trinajstić information content (AvgIpc) is 3.03. The van der Waals surface area contributed by atoms with Gasteiger partial charge in [-0.3, -0.25) is 19.7 Å². The minimum atomic E-state index is -0.797. The smallest absolute Gasteiger partial charge is 0.294 e. The Hall–Kier alpha value is -2.88. The molecule has 1 aliphatic rings. The molecule has 1 saturated heterocycles. The van der Waals surface area contributed by atoms with E-state index < -0.39 is 22.8 Å². The zero-order chi connectivity index (χ0) is 17.0. The van der Waals surface area contributed by atoms with Gasteiger partial charge >= 0.3 is 0 Å². The summed E-state index contributed by atoms with van der Waals surface area (Å²) in [6.45, 7) is 0.0370. The number of carbonyl (C=O) groups excluding carboxylic acids is 2. The van der Waals surface area contributed by atoms with Gasteiger partial charge in [0.25, 0.3) is 11.6 Å². The summed E-state index contributed by atoms with van der Waals surface area (Å²) in [5.74, 6) is 4.73. The minimum Gasteiger partial charge on any atom is -0.329 e. The van der Waals surface area contributed by atoms with Crippen LogP contribution in [0.2, 0.25) is 0 Å². The first kappa shape index (κ1) is 16.5. The lowest BCUT2D eigenvalue weighted by Gasteiger charge is -2.27. The number of benzene rings is 1. The summed E-state index contributed by atoms with van der Waals surface area (Å²) in [5.41, 5.74) is 6.42. The molecule has 1 aliphatic heterocycles. The second kappa shape index (κ2) is 6.92. The van der Waals surface area contributed by atoms with Gasteiger partial charge in [-0.25, -0.2) is 16.4 Å². The average molecular weight is 320 g/mol. The van der Waals surface area contributed by atoms with Crippen LogP contribution in [0.1, 0.15) is 12.8 Å². The molecule has 2 amide bonds. The highest BCUT2D eigenvalue weighted by Crippen LogP contribution is 2.28. The molecule has 10 nitrogen and oxygen atoms in total. The van der Waals surface area contributed by atoms with Crippen LogP contribution in [0.5, 0.6) is 0 Å². The van der Waals surface area contributed by atoms with Gasteiger partial charge in [0.2, 0.25) is 5.91 Å². The first-order valence-electron chi connectivity index (χ1n) is 6.92. The second-order valence-corrected chi connectivity index (χ2v) is 5.02. The standard InChI is InChI=1S/C13H16N6O4/c14-16-8-12(20)17-7-3-6-11(17)13(21)18(15)9-4-1-2-5-10(9)19(22)23/h1-2,4-5,11,14H,3,6-8,15H2. The lowest BCUT2D eigenvalue weighted by atomic mass is 10.2. The van der Waals surface area contributed by atoms with Crippen molar-refractivity contribution in [1.29, 1.82) is 5.53 Å². The van der Waals surface area contributed by atoms with E-state index >= 15 is 0 Å². The molecular weight excluding hydrogens is 304 g/mol. The van der Waals surface area contributed by atoms with Crippen LogP contribution in [-0.4, -0.2) is 40.8 Å². The van der Waals surface area contributed by atoms with E-state index in [4.69, 9.17) is 11.4 Å². The third-order valence-electron chi connectivity index (χ3n) is 3.65. The number of nitro groups is 1. The number of nitrogens with two attached hydrogens (primary N) is 1. The van der Waals surface area contributed by atoms with E-state index in [2.05, 4.69) is 5.11 Å². The Morgan fingerprint density at radius 3 is 2.83 bits per heavy atom. The van der Waals surface area contributed by atoms with E-state index in [0.717, 1.165) is 0 Å². The summed E-state index contributed by atoms with van der Waals surface area (Å²) in [7, 11) is 0. The Kier molecular flexibility index (Phi) is 4.96. The number of hydrogen-bond donors (Lipinski definition) is 2. The second-order valence-electron chi connectivity index (χ2n) is 5.02. The molecule has 2 rings (SSSR count). The van der Waals surface area contributed by atoms with Crippen molar-refractivity contribution in [1.82, 2.24) is 4.90 Å². The van der Waals surface area contributed by atoms with Crippen molar-refractivity contribution in [2.75, 3.05) is 18.1 Å². The minimum absolute atomic E-state index is 0.0352. The van der Waals surface area contributed by atoms with E-state index in [1.165, 1.54) is 29.2 Å². The van der Waals surface area contributed by atoms with Crippen molar-refractivity contribution in [3.05, 3.63) is 34.4 Å². The van der Waals surface area contributed by atoms with E-state index in [9.17, 15) is 19.7 Å². The molecule has 0 radical (unpaired) electrons. The van der Waals surface area contributed by atoms with Crippen LogP contribution in [-0.2, 0) is 9.59 Å². The number of hydrogen-bond acceptors (Lipinski definition) is 7. The van der Waals surface area contributed by atoms with Gasteiger partial charge in [-0.15, -0.1) is 0 Å². The molecule has 3 N–H and O–H groups in total. The molecule has 1 aromatic carbocycles. The van der Waals surface area contributed by atoms with Gasteiger partial charge in [-0.05, 0) is 18.9 Å². The fourth-order valence-corrected chi connectivity index (χ4v) is 2.58. The van der Waals surface area contributed by atoms with Gasteiger partial charge in [0.15, 0.2) is 0 Å². The fraction of sp³-hybridized carbons (Fsp3) is 0.385. The molecule has 23 heavy (non-hydrogen) atoms. The number of nitrogens with one attached hydrogen (secondary N) is 1. The highest BCUT2D eigenvalue weighted by Gasteiger charge is 2.37. The third kappa shape index (κ3) is 3.31. The predicted molar refractivity (Wildman–Crippen MR) is 79.5 cm³/mol. The van der Waals surface area contributed by atoms with Crippen LogP contribution < -0.4 is 10.9 Å². The van der Waals surface area contributed by atoms with Gasteiger partial charge in [0.1, 0.15) is 18.3 Å². The van der Waals surface area contributed by atoms with Crippen LogP contribution >= 0.6 is 0 Å². The van der Waals surface area contributed by atoms with Gasteiger partial charge in [-0.2, -0.15) is 5.11 Å². The Morgan fingerprint density at radius 1 is 1.48 bits per heavy atom. The van der Waals surface area contributed by atoms with E-state index in [1.807, 2.05) is 0 Å². The van der Waals surface area contributed by atoms with E-state index in [-0.39, 0.29) is 17.9 Å². The van der Waals surface area contributed by atoms with Gasteiger partial charge in [0, 0.05) is 12.6 Å². The number of hydrazine groups is 1. The molecular formula is C13H16N6O4. The summed E-state index contributed by atoms with van der Waals surface area (Å²) in [5, 5.41) is 14.8. The summed E-state index contributed by atoms with van der Waals surface area (Å²) in [6, 6.07) is 4.83. The lowest BCUT2D eigenvalue weighted by Crippen LogP contribution is -2.51. The van der Waals surface area contributed by atoms with Crippen molar-refractivity contribution < 1.29 is 14.5 Å². The molecule has 0 aromatic heterocycles. The highest BCUT2D eigenvalue weighted by molar-refractivity contribution is 6.00. The monoisotopic (exact) mass is 320 g/mol. The molecule has 0 bridgehead atoms. The topological polar surface area (TPSA) is 146 Å². The SMILES string of the molecule is N=NCC(=O)N1CCCC1C(=O)N(N)c1ccccc1[N+](=O)[O-]. The number of nitrogens with zero attached hydrogens (tertiary/aromatic N) is 4. The molecule has 10 heteroatoms. The Labute approximate surface area is 131 Å². The Morgan fingerprint density at radius 2 is 2.17 bits per heavy atom. The molecule has 122 valence electrons. The number of nitro benzene ring substituents is 1. The van der Waals surface area contributed by atoms with Crippen LogP contribution in [0.25, 0.3) is 0 Å². The largest absolute Gasteiger partial charge is 0.329 e. The van der Waals surface area contributed by atoms with Crippen LogP contribution in [0.4, 0.5) is 11.4 Å². The summed E-state index contributed by atoms with van der Waals surface area (Å²) in [4.78, 5) is 36.2. The summed E-state index contributed by atoms with van der Waals surface area (Å²) in [6.07, 6.45) is 1.03. The lowest BCUT2D eigenvalue weighted by molar-refractivity contribution is -0.384. The molecule has 0 spiro atoms. The van der Waals surface area contributed by atoms with Crippen molar-refractivity contribution in [3.8, 4) is 0 Å². The Balaban J connectivity index is 2.24. The summed E-state index contributed by atoms with van der Waals surface area (Å²) < 4.78 is 0. The van der Waals surface area contributed by atoms with E-state index in [0.29, 0.717) is 24.4 Å².